The molecule has 0 spiro atoms. The number of carbonyl (C=O) groups excluding carboxylic acids is 2. The van der Waals surface area contributed by atoms with E-state index >= 15 is 0 Å². The Morgan fingerprint density at radius 2 is 1.81 bits per heavy atom. The highest BCUT2D eigenvalue weighted by Gasteiger charge is 2.35. The molecular formula is C21H22F2N2O2. The monoisotopic (exact) mass is 372 g/mol. The van der Waals surface area contributed by atoms with Crippen LogP contribution in [-0.2, 0) is 16.0 Å². The van der Waals surface area contributed by atoms with Crippen molar-refractivity contribution in [3.8, 4) is 0 Å². The summed E-state index contributed by atoms with van der Waals surface area (Å²) in [7, 11) is 0. The Kier molecular flexibility index (Phi) is 5.54. The van der Waals surface area contributed by atoms with E-state index in [4.69, 9.17) is 0 Å². The number of nitrogens with one attached hydrogen (secondary N) is 1. The van der Waals surface area contributed by atoms with E-state index in [9.17, 15) is 18.4 Å². The number of hydrogen-bond acceptors (Lipinski definition) is 2. The fraction of sp³-hybridized carbons (Fsp3) is 0.333. The van der Waals surface area contributed by atoms with Crippen LogP contribution in [0.1, 0.15) is 23.1 Å². The molecule has 2 aromatic rings. The summed E-state index contributed by atoms with van der Waals surface area (Å²) in [5, 5.41) is 2.69. The minimum absolute atomic E-state index is 0.0442. The van der Waals surface area contributed by atoms with Gasteiger partial charge in [0.15, 0.2) is 0 Å². The second-order valence-corrected chi connectivity index (χ2v) is 6.87. The molecular weight excluding hydrogens is 350 g/mol. The van der Waals surface area contributed by atoms with E-state index in [1.54, 1.807) is 4.90 Å². The Bertz CT molecular complexity index is 862. The standard InChI is InChI=1S/C21H22F2N2O2/c1-13-5-3-8-19(14(13)2)25-12-15(11-20(25)26)21(27)24-10-9-16-17(22)6-4-7-18(16)23/h3-8,15H,9-12H2,1-2H3,(H,24,27)/t15-/m0/s1. The summed E-state index contributed by atoms with van der Waals surface area (Å²) < 4.78 is 27.3. The molecule has 0 aliphatic carbocycles. The normalized spacial score (nSPS) is 16.7. The Labute approximate surface area is 157 Å². The van der Waals surface area contributed by atoms with Crippen molar-refractivity contribution in [1.29, 1.82) is 0 Å². The second kappa shape index (κ2) is 7.86. The van der Waals surface area contributed by atoms with Crippen molar-refractivity contribution < 1.29 is 18.4 Å². The Hall–Kier alpha value is -2.76. The molecule has 4 nitrogen and oxygen atoms in total. The van der Waals surface area contributed by atoms with Gasteiger partial charge in [-0.25, -0.2) is 8.78 Å². The lowest BCUT2D eigenvalue weighted by Crippen LogP contribution is -2.34. The van der Waals surface area contributed by atoms with E-state index in [2.05, 4.69) is 5.32 Å². The molecule has 2 amide bonds. The Morgan fingerprint density at radius 1 is 1.15 bits per heavy atom. The average molecular weight is 372 g/mol. The van der Waals surface area contributed by atoms with E-state index in [0.717, 1.165) is 16.8 Å². The van der Waals surface area contributed by atoms with E-state index in [1.807, 2.05) is 32.0 Å². The largest absolute Gasteiger partial charge is 0.355 e. The molecule has 1 fully saturated rings. The number of rotatable bonds is 5. The molecule has 1 aliphatic heterocycles. The number of aryl methyl sites for hydroxylation is 1. The van der Waals surface area contributed by atoms with Gasteiger partial charge < -0.3 is 10.2 Å². The highest BCUT2D eigenvalue weighted by Crippen LogP contribution is 2.29. The fourth-order valence-electron chi connectivity index (χ4n) is 3.37. The summed E-state index contributed by atoms with van der Waals surface area (Å²) in [6.07, 6.45) is 0.193. The van der Waals surface area contributed by atoms with Gasteiger partial charge in [0.1, 0.15) is 11.6 Å². The van der Waals surface area contributed by atoms with Crippen LogP contribution in [0, 0.1) is 31.4 Å². The minimum atomic E-state index is -0.624. The summed E-state index contributed by atoms with van der Waals surface area (Å²) in [5.41, 5.74) is 2.88. The number of nitrogens with zero attached hydrogens (tertiary/aromatic N) is 1. The topological polar surface area (TPSA) is 49.4 Å². The molecule has 1 N–H and O–H groups in total. The van der Waals surface area contributed by atoms with Gasteiger partial charge in [-0.1, -0.05) is 18.2 Å². The van der Waals surface area contributed by atoms with Gasteiger partial charge >= 0.3 is 0 Å². The quantitative estimate of drug-likeness (QED) is 0.876. The SMILES string of the molecule is Cc1cccc(N2C[C@@H](C(=O)NCCc3c(F)cccc3F)CC2=O)c1C. The van der Waals surface area contributed by atoms with Crippen LogP contribution in [-0.4, -0.2) is 24.9 Å². The van der Waals surface area contributed by atoms with Crippen LogP contribution in [0.4, 0.5) is 14.5 Å². The van der Waals surface area contributed by atoms with Gasteiger partial charge in [-0.2, -0.15) is 0 Å². The molecule has 0 radical (unpaired) electrons. The molecule has 1 saturated heterocycles. The zero-order valence-electron chi connectivity index (χ0n) is 15.4. The molecule has 0 unspecified atom stereocenters. The van der Waals surface area contributed by atoms with Crippen LogP contribution in [0.3, 0.4) is 0 Å². The molecule has 1 atom stereocenters. The molecule has 0 saturated carbocycles. The van der Waals surface area contributed by atoms with Crippen molar-refractivity contribution >= 4 is 17.5 Å². The minimum Gasteiger partial charge on any atom is -0.355 e. The summed E-state index contributed by atoms with van der Waals surface area (Å²) in [4.78, 5) is 26.4. The number of halogens is 2. The Morgan fingerprint density at radius 3 is 2.52 bits per heavy atom. The number of anilines is 1. The molecule has 2 aromatic carbocycles. The molecule has 0 aromatic heterocycles. The lowest BCUT2D eigenvalue weighted by Gasteiger charge is -2.20. The average Bonchev–Trinajstić information content (AvgIpc) is 3.01. The predicted octanol–water partition coefficient (Wildman–Crippen LogP) is 3.29. The molecule has 6 heteroatoms. The van der Waals surface area contributed by atoms with Crippen molar-refractivity contribution in [3.63, 3.8) is 0 Å². The van der Waals surface area contributed by atoms with Crippen molar-refractivity contribution in [2.24, 2.45) is 5.92 Å². The van der Waals surface area contributed by atoms with Gasteiger partial charge in [-0.3, -0.25) is 9.59 Å². The lowest BCUT2D eigenvalue weighted by atomic mass is 10.1. The summed E-state index contributed by atoms with van der Waals surface area (Å²) in [5.74, 6) is -2.08. The maximum atomic E-state index is 13.6. The van der Waals surface area contributed by atoms with Crippen LogP contribution in [0.15, 0.2) is 36.4 Å². The zero-order chi connectivity index (χ0) is 19.6. The molecule has 3 rings (SSSR count). The third-order valence-electron chi connectivity index (χ3n) is 5.10. The van der Waals surface area contributed by atoms with Gasteiger partial charge in [-0.05, 0) is 49.6 Å². The summed E-state index contributed by atoms with van der Waals surface area (Å²) >= 11 is 0. The van der Waals surface area contributed by atoms with E-state index in [-0.39, 0.29) is 36.8 Å². The van der Waals surface area contributed by atoms with Crippen LogP contribution in [0.5, 0.6) is 0 Å². The zero-order valence-corrected chi connectivity index (χ0v) is 15.4. The van der Waals surface area contributed by atoms with Crippen molar-refractivity contribution in [3.05, 3.63) is 64.7 Å². The van der Waals surface area contributed by atoms with Gasteiger partial charge in [0, 0.05) is 30.8 Å². The van der Waals surface area contributed by atoms with Gasteiger partial charge in [0.25, 0.3) is 0 Å². The van der Waals surface area contributed by atoms with E-state index in [0.29, 0.717) is 6.54 Å². The van der Waals surface area contributed by atoms with Gasteiger partial charge in [0.2, 0.25) is 11.8 Å². The molecule has 0 bridgehead atoms. The van der Waals surface area contributed by atoms with Crippen LogP contribution in [0.25, 0.3) is 0 Å². The highest BCUT2D eigenvalue weighted by molar-refractivity contribution is 6.00. The summed E-state index contributed by atoms with van der Waals surface area (Å²) in [6.45, 7) is 4.35. The predicted molar refractivity (Wildman–Crippen MR) is 99.4 cm³/mol. The first-order valence-electron chi connectivity index (χ1n) is 8.95. The molecule has 27 heavy (non-hydrogen) atoms. The number of benzene rings is 2. The fourth-order valence-corrected chi connectivity index (χ4v) is 3.37. The van der Waals surface area contributed by atoms with Gasteiger partial charge in [0.05, 0.1) is 5.92 Å². The smallest absolute Gasteiger partial charge is 0.227 e. The molecule has 1 heterocycles. The number of amides is 2. The summed E-state index contributed by atoms with van der Waals surface area (Å²) in [6, 6.07) is 9.43. The molecule has 142 valence electrons. The maximum absolute atomic E-state index is 13.6. The number of hydrogen-bond donors (Lipinski definition) is 1. The number of carbonyl (C=O) groups is 2. The molecule has 1 aliphatic rings. The van der Waals surface area contributed by atoms with Crippen LogP contribution < -0.4 is 10.2 Å². The first-order valence-corrected chi connectivity index (χ1v) is 8.95. The van der Waals surface area contributed by atoms with Gasteiger partial charge in [-0.15, -0.1) is 0 Å². The van der Waals surface area contributed by atoms with Crippen molar-refractivity contribution in [1.82, 2.24) is 5.32 Å². The van der Waals surface area contributed by atoms with Crippen molar-refractivity contribution in [2.45, 2.75) is 26.7 Å². The highest BCUT2D eigenvalue weighted by atomic mass is 19.1. The van der Waals surface area contributed by atoms with Crippen LogP contribution >= 0.6 is 0 Å². The van der Waals surface area contributed by atoms with E-state index < -0.39 is 17.6 Å². The van der Waals surface area contributed by atoms with E-state index in [1.165, 1.54) is 18.2 Å². The Balaban J connectivity index is 1.60. The first kappa shape index (κ1) is 19.0. The second-order valence-electron chi connectivity index (χ2n) is 6.87. The van der Waals surface area contributed by atoms with Crippen LogP contribution in [0.2, 0.25) is 0 Å². The lowest BCUT2D eigenvalue weighted by molar-refractivity contribution is -0.126. The maximum Gasteiger partial charge on any atom is 0.227 e. The first-order chi connectivity index (χ1) is 12.9. The third-order valence-corrected chi connectivity index (χ3v) is 5.10. The third kappa shape index (κ3) is 3.99. The van der Waals surface area contributed by atoms with Crippen molar-refractivity contribution in [2.75, 3.05) is 18.0 Å².